The van der Waals surface area contributed by atoms with Crippen molar-refractivity contribution in [2.75, 3.05) is 0 Å². The largest absolute Gasteiger partial charge is 0.478 e. The molecule has 0 saturated carbocycles. The number of nitrogens with zero attached hydrogens (tertiary/aromatic N) is 2. The molecule has 0 aliphatic carbocycles. The van der Waals surface area contributed by atoms with E-state index < -0.39 is 23.8 Å². The lowest BCUT2D eigenvalue weighted by molar-refractivity contribution is 0.0686. The number of amides is 2. The van der Waals surface area contributed by atoms with Gasteiger partial charge >= 0.3 is 11.9 Å². The van der Waals surface area contributed by atoms with Gasteiger partial charge in [0, 0.05) is 22.3 Å². The highest BCUT2D eigenvalue weighted by Gasteiger charge is 2.11. The zero-order valence-corrected chi connectivity index (χ0v) is 22.6. The lowest BCUT2D eigenvalue weighted by Gasteiger charge is -2.02. The van der Waals surface area contributed by atoms with Crippen LogP contribution in [-0.2, 0) is 0 Å². The summed E-state index contributed by atoms with van der Waals surface area (Å²) in [5, 5.41) is 26.1. The van der Waals surface area contributed by atoms with Crippen molar-refractivity contribution in [3.05, 3.63) is 131 Å². The van der Waals surface area contributed by atoms with Crippen molar-refractivity contribution in [2.24, 2.45) is 10.2 Å². The van der Waals surface area contributed by atoms with E-state index in [4.69, 9.17) is 19.0 Å². The molecule has 2 amide bonds. The van der Waals surface area contributed by atoms with Gasteiger partial charge in [0.2, 0.25) is 0 Å². The van der Waals surface area contributed by atoms with Crippen LogP contribution in [0.3, 0.4) is 0 Å². The molecule has 0 radical (unpaired) electrons. The van der Waals surface area contributed by atoms with Gasteiger partial charge in [-0.05, 0) is 72.8 Å². The Morgan fingerprint density at radius 3 is 1.34 bits per heavy atom. The minimum absolute atomic E-state index is 0.129. The van der Waals surface area contributed by atoms with Crippen molar-refractivity contribution in [1.82, 2.24) is 10.9 Å². The number of benzene rings is 3. The van der Waals surface area contributed by atoms with Gasteiger partial charge in [0.05, 0.1) is 23.6 Å². The molecular formula is C32H22N4O8. The zero-order valence-electron chi connectivity index (χ0n) is 22.6. The molecule has 0 aliphatic rings. The van der Waals surface area contributed by atoms with Crippen LogP contribution in [0.25, 0.3) is 22.6 Å². The van der Waals surface area contributed by atoms with Crippen LogP contribution in [0.5, 0.6) is 0 Å². The summed E-state index contributed by atoms with van der Waals surface area (Å²) in [6.45, 7) is 0. The van der Waals surface area contributed by atoms with Crippen LogP contribution in [0.4, 0.5) is 0 Å². The van der Waals surface area contributed by atoms with Crippen LogP contribution in [0.15, 0.2) is 116 Å². The highest BCUT2D eigenvalue weighted by atomic mass is 16.4. The van der Waals surface area contributed by atoms with Crippen molar-refractivity contribution in [1.29, 1.82) is 0 Å². The lowest BCUT2D eigenvalue weighted by atomic mass is 10.1. The van der Waals surface area contributed by atoms with Crippen LogP contribution in [0, 0.1) is 0 Å². The number of hydrogen-bond donors (Lipinski definition) is 4. The maximum atomic E-state index is 12.5. The predicted octanol–water partition coefficient (Wildman–Crippen LogP) is 5.13. The zero-order chi connectivity index (χ0) is 31.1. The summed E-state index contributed by atoms with van der Waals surface area (Å²) in [7, 11) is 0. The van der Waals surface area contributed by atoms with E-state index in [1.165, 1.54) is 61.0 Å². The summed E-state index contributed by atoms with van der Waals surface area (Å²) >= 11 is 0. The maximum Gasteiger partial charge on any atom is 0.335 e. The smallest absolute Gasteiger partial charge is 0.335 e. The second-order valence-corrected chi connectivity index (χ2v) is 9.15. The molecule has 2 aromatic heterocycles. The lowest BCUT2D eigenvalue weighted by Crippen LogP contribution is -2.19. The predicted molar refractivity (Wildman–Crippen MR) is 159 cm³/mol. The Labute approximate surface area is 249 Å². The van der Waals surface area contributed by atoms with Crippen molar-refractivity contribution < 1.29 is 38.2 Å². The van der Waals surface area contributed by atoms with E-state index >= 15 is 0 Å². The number of carboxylic acids is 2. The summed E-state index contributed by atoms with van der Waals surface area (Å²) < 4.78 is 11.3. The Balaban J connectivity index is 1.12. The van der Waals surface area contributed by atoms with Gasteiger partial charge in [-0.2, -0.15) is 10.2 Å². The van der Waals surface area contributed by atoms with E-state index in [9.17, 15) is 19.2 Å². The fraction of sp³-hybridized carbons (Fsp3) is 0. The van der Waals surface area contributed by atoms with E-state index in [-0.39, 0.29) is 22.3 Å². The van der Waals surface area contributed by atoms with Crippen molar-refractivity contribution in [2.45, 2.75) is 0 Å². The first-order valence-corrected chi connectivity index (χ1v) is 12.9. The molecule has 0 fully saturated rings. The monoisotopic (exact) mass is 590 g/mol. The summed E-state index contributed by atoms with van der Waals surface area (Å²) in [5.74, 6) is -1.57. The van der Waals surface area contributed by atoms with Crippen LogP contribution in [0.1, 0.15) is 53.0 Å². The molecule has 5 rings (SSSR count). The summed E-state index contributed by atoms with van der Waals surface area (Å²) in [5.41, 5.74) is 6.67. The third-order valence-corrected chi connectivity index (χ3v) is 6.17. The Morgan fingerprint density at radius 1 is 0.545 bits per heavy atom. The standard InChI is InChI=1S/C32H22N4O8/c37-29(35-33-17-25-11-13-27(43-25)21-3-1-5-23(15-21)31(39)40)19-7-9-20(10-8-19)30(38)36-34-18-26-12-14-28(44-26)22-4-2-6-24(16-22)32(41)42/h1-18H,(H,35,37)(H,36,38)(H,39,40)(H,41,42)/b33-17-,34-18-. The van der Waals surface area contributed by atoms with E-state index in [1.54, 1.807) is 48.5 Å². The number of hydrazone groups is 2. The average Bonchev–Trinajstić information content (AvgIpc) is 3.71. The molecule has 0 saturated heterocycles. The second-order valence-electron chi connectivity index (χ2n) is 9.15. The van der Waals surface area contributed by atoms with Gasteiger partial charge in [0.1, 0.15) is 23.0 Å². The minimum Gasteiger partial charge on any atom is -0.478 e. The molecule has 2 heterocycles. The summed E-state index contributed by atoms with van der Waals surface area (Å²) in [6.07, 6.45) is 2.61. The maximum absolute atomic E-state index is 12.5. The number of carboxylic acid groups (broad SMARTS) is 2. The van der Waals surface area contributed by atoms with E-state index in [2.05, 4.69) is 21.1 Å². The minimum atomic E-state index is -1.05. The van der Waals surface area contributed by atoms with Crippen LogP contribution < -0.4 is 10.9 Å². The highest BCUT2D eigenvalue weighted by Crippen LogP contribution is 2.24. The Morgan fingerprint density at radius 2 is 0.955 bits per heavy atom. The number of nitrogens with one attached hydrogen (secondary N) is 2. The quantitative estimate of drug-likeness (QED) is 0.127. The van der Waals surface area contributed by atoms with Crippen molar-refractivity contribution in [3.63, 3.8) is 0 Å². The van der Waals surface area contributed by atoms with Crippen LogP contribution in [-0.4, -0.2) is 46.4 Å². The molecule has 12 heteroatoms. The Kier molecular flexibility index (Phi) is 8.52. The van der Waals surface area contributed by atoms with Crippen LogP contribution >= 0.6 is 0 Å². The third-order valence-electron chi connectivity index (χ3n) is 6.17. The normalized spacial score (nSPS) is 11.1. The van der Waals surface area contributed by atoms with Gasteiger partial charge in [-0.25, -0.2) is 20.4 Å². The van der Waals surface area contributed by atoms with Crippen molar-refractivity contribution >= 4 is 36.2 Å². The van der Waals surface area contributed by atoms with Gasteiger partial charge in [-0.15, -0.1) is 0 Å². The Hall–Kier alpha value is -6.56. The average molecular weight is 591 g/mol. The molecule has 0 unspecified atom stereocenters. The molecule has 4 N–H and O–H groups in total. The van der Waals surface area contributed by atoms with E-state index in [0.717, 1.165) is 0 Å². The Bertz CT molecular complexity index is 1780. The van der Waals surface area contributed by atoms with Gasteiger partial charge in [0.25, 0.3) is 11.8 Å². The first-order chi connectivity index (χ1) is 21.3. The molecule has 0 spiro atoms. The molecule has 44 heavy (non-hydrogen) atoms. The van der Waals surface area contributed by atoms with Gasteiger partial charge in [-0.3, -0.25) is 9.59 Å². The van der Waals surface area contributed by atoms with Crippen molar-refractivity contribution in [3.8, 4) is 22.6 Å². The first-order valence-electron chi connectivity index (χ1n) is 12.9. The third kappa shape index (κ3) is 7.01. The van der Waals surface area contributed by atoms with E-state index in [0.29, 0.717) is 34.2 Å². The van der Waals surface area contributed by atoms with E-state index in [1.807, 2.05) is 0 Å². The SMILES string of the molecule is O=C(O)c1cccc(-c2ccc(/C=N\NC(=O)c3ccc(C(=O)N/N=C\c4ccc(-c5cccc(C(=O)O)c5)o4)cc3)o2)c1. The fourth-order valence-corrected chi connectivity index (χ4v) is 3.98. The number of carbonyl (C=O) groups is 4. The molecule has 5 aromatic rings. The number of furan rings is 2. The molecular weight excluding hydrogens is 568 g/mol. The number of rotatable bonds is 10. The number of carbonyl (C=O) groups excluding carboxylic acids is 2. The fourth-order valence-electron chi connectivity index (χ4n) is 3.98. The first kappa shape index (κ1) is 29.0. The van der Waals surface area contributed by atoms with Crippen LogP contribution in [0.2, 0.25) is 0 Å². The summed E-state index contributed by atoms with van der Waals surface area (Å²) in [4.78, 5) is 47.3. The molecule has 12 nitrogen and oxygen atoms in total. The molecule has 0 bridgehead atoms. The van der Waals surface area contributed by atoms with Gasteiger partial charge < -0.3 is 19.0 Å². The number of aromatic carboxylic acids is 2. The van der Waals surface area contributed by atoms with Gasteiger partial charge in [-0.1, -0.05) is 24.3 Å². The molecule has 3 aromatic carbocycles. The molecule has 0 aliphatic heterocycles. The highest BCUT2D eigenvalue weighted by molar-refractivity contribution is 5.98. The molecule has 0 atom stereocenters. The second kappa shape index (κ2) is 13.0. The molecule has 218 valence electrons. The topological polar surface area (TPSA) is 184 Å². The number of hydrogen-bond acceptors (Lipinski definition) is 8. The van der Waals surface area contributed by atoms with Gasteiger partial charge in [0.15, 0.2) is 0 Å². The summed E-state index contributed by atoms with van der Waals surface area (Å²) in [6, 6.07) is 25.0.